The van der Waals surface area contributed by atoms with Crippen LogP contribution in [0, 0.1) is 13.8 Å². The number of hydrogen-bond donors (Lipinski definition) is 1. The molecule has 1 aromatic rings. The number of rotatable bonds is 5. The zero-order valence-electron chi connectivity index (χ0n) is 10.0. The third-order valence-corrected chi connectivity index (χ3v) is 2.32. The minimum atomic E-state index is -0.162. The van der Waals surface area contributed by atoms with Crippen molar-refractivity contribution in [3.8, 4) is 5.75 Å². The monoisotopic (exact) mass is 297 g/mol. The van der Waals surface area contributed by atoms with Gasteiger partial charge in [-0.25, -0.2) is 0 Å². The maximum Gasteiger partial charge on any atom is 0.258 e. The van der Waals surface area contributed by atoms with E-state index in [1.165, 1.54) is 0 Å². The number of halogens is 1. The van der Waals surface area contributed by atoms with Gasteiger partial charge in [-0.05, 0) is 37.1 Å². The molecule has 17 heavy (non-hydrogen) atoms. The molecular formula is C13H16BrNO2. The predicted octanol–water partition coefficient (Wildman–Crippen LogP) is 2.71. The molecule has 0 heterocycles. The van der Waals surface area contributed by atoms with Gasteiger partial charge in [-0.15, -0.1) is 0 Å². The zero-order valence-corrected chi connectivity index (χ0v) is 11.6. The Labute approximate surface area is 110 Å². The van der Waals surface area contributed by atoms with E-state index in [1.807, 2.05) is 26.0 Å². The topological polar surface area (TPSA) is 38.3 Å². The molecule has 0 atom stereocenters. The molecule has 0 unspecified atom stereocenters. The second-order valence-electron chi connectivity index (χ2n) is 3.91. The second-order valence-corrected chi connectivity index (χ2v) is 5.03. The minimum absolute atomic E-state index is 0.0170. The van der Waals surface area contributed by atoms with Crippen LogP contribution in [-0.4, -0.2) is 19.1 Å². The Morgan fingerprint density at radius 1 is 1.35 bits per heavy atom. The van der Waals surface area contributed by atoms with Crippen molar-refractivity contribution < 1.29 is 9.53 Å². The summed E-state index contributed by atoms with van der Waals surface area (Å²) in [5.41, 5.74) is 2.24. The minimum Gasteiger partial charge on any atom is -0.484 e. The first-order valence-electron chi connectivity index (χ1n) is 5.28. The van der Waals surface area contributed by atoms with Crippen LogP contribution >= 0.6 is 15.9 Å². The molecule has 1 amide bonds. The van der Waals surface area contributed by atoms with E-state index in [0.717, 1.165) is 21.4 Å². The highest BCUT2D eigenvalue weighted by Crippen LogP contribution is 2.15. The van der Waals surface area contributed by atoms with Crippen LogP contribution in [0.5, 0.6) is 5.75 Å². The fourth-order valence-corrected chi connectivity index (χ4v) is 1.55. The van der Waals surface area contributed by atoms with E-state index < -0.39 is 0 Å². The number of ether oxygens (including phenoxy) is 1. The third kappa shape index (κ3) is 5.54. The van der Waals surface area contributed by atoms with Crippen LogP contribution in [0.3, 0.4) is 0 Å². The molecule has 1 N–H and O–H groups in total. The van der Waals surface area contributed by atoms with Crippen LogP contribution < -0.4 is 10.1 Å². The SMILES string of the molecule is C=C(Br)CNC(=O)COc1cc(C)cc(C)c1. The summed E-state index contributed by atoms with van der Waals surface area (Å²) in [4.78, 5) is 11.4. The smallest absolute Gasteiger partial charge is 0.258 e. The van der Waals surface area contributed by atoms with Crippen LogP contribution in [0.2, 0.25) is 0 Å². The van der Waals surface area contributed by atoms with E-state index in [2.05, 4.69) is 33.9 Å². The summed E-state index contributed by atoms with van der Waals surface area (Å²) < 4.78 is 6.14. The normalized spacial score (nSPS) is 9.82. The van der Waals surface area contributed by atoms with Gasteiger partial charge in [0.15, 0.2) is 6.61 Å². The van der Waals surface area contributed by atoms with Crippen molar-refractivity contribution in [1.29, 1.82) is 0 Å². The standard InChI is InChI=1S/C13H16BrNO2/c1-9-4-10(2)6-12(5-9)17-8-13(16)15-7-11(3)14/h4-6H,3,7-8H2,1-2H3,(H,15,16). The third-order valence-electron chi connectivity index (χ3n) is 2.04. The number of amides is 1. The molecular weight excluding hydrogens is 282 g/mol. The van der Waals surface area contributed by atoms with Gasteiger partial charge in [0.2, 0.25) is 0 Å². The second kappa shape index (κ2) is 6.45. The lowest BCUT2D eigenvalue weighted by Gasteiger charge is -2.08. The number of carbonyl (C=O) groups is 1. The highest BCUT2D eigenvalue weighted by atomic mass is 79.9. The number of aryl methyl sites for hydroxylation is 2. The summed E-state index contributed by atoms with van der Waals surface area (Å²) >= 11 is 3.17. The Morgan fingerprint density at radius 2 is 1.94 bits per heavy atom. The van der Waals surface area contributed by atoms with E-state index in [4.69, 9.17) is 4.74 Å². The van der Waals surface area contributed by atoms with Gasteiger partial charge in [-0.3, -0.25) is 4.79 Å². The van der Waals surface area contributed by atoms with Crippen LogP contribution in [0.25, 0.3) is 0 Å². The highest BCUT2D eigenvalue weighted by Gasteiger charge is 2.03. The van der Waals surface area contributed by atoms with Crippen LogP contribution in [-0.2, 0) is 4.79 Å². The van der Waals surface area contributed by atoms with Gasteiger partial charge in [-0.1, -0.05) is 28.6 Å². The Balaban J connectivity index is 2.44. The van der Waals surface area contributed by atoms with E-state index in [1.54, 1.807) is 0 Å². The van der Waals surface area contributed by atoms with E-state index >= 15 is 0 Å². The fourth-order valence-electron chi connectivity index (χ4n) is 1.41. The lowest BCUT2D eigenvalue weighted by Crippen LogP contribution is -2.29. The molecule has 0 saturated carbocycles. The van der Waals surface area contributed by atoms with Gasteiger partial charge in [0.05, 0.1) is 0 Å². The van der Waals surface area contributed by atoms with Crippen molar-refractivity contribution >= 4 is 21.8 Å². The van der Waals surface area contributed by atoms with Crippen molar-refractivity contribution in [3.05, 3.63) is 40.4 Å². The summed E-state index contributed by atoms with van der Waals surface area (Å²) in [5, 5.41) is 2.67. The summed E-state index contributed by atoms with van der Waals surface area (Å²) in [6.07, 6.45) is 0. The quantitative estimate of drug-likeness (QED) is 0.907. The Kier molecular flexibility index (Phi) is 5.22. The van der Waals surface area contributed by atoms with Crippen molar-refractivity contribution in [3.63, 3.8) is 0 Å². The van der Waals surface area contributed by atoms with E-state index in [9.17, 15) is 4.79 Å². The molecule has 92 valence electrons. The van der Waals surface area contributed by atoms with Gasteiger partial charge >= 0.3 is 0 Å². The molecule has 1 aromatic carbocycles. The molecule has 1 rings (SSSR count). The molecule has 0 aliphatic rings. The molecule has 4 heteroatoms. The summed E-state index contributed by atoms with van der Waals surface area (Å²) in [6, 6.07) is 5.87. The van der Waals surface area contributed by atoms with Crippen molar-refractivity contribution in [2.45, 2.75) is 13.8 Å². The van der Waals surface area contributed by atoms with Crippen LogP contribution in [0.1, 0.15) is 11.1 Å². The molecule has 0 aliphatic heterocycles. The summed E-state index contributed by atoms with van der Waals surface area (Å²) in [7, 11) is 0. The summed E-state index contributed by atoms with van der Waals surface area (Å²) in [6.45, 7) is 8.05. The van der Waals surface area contributed by atoms with Gasteiger partial charge in [0, 0.05) is 11.0 Å². The summed E-state index contributed by atoms with van der Waals surface area (Å²) in [5.74, 6) is 0.556. The first-order chi connectivity index (χ1) is 7.97. The maximum atomic E-state index is 11.4. The molecule has 0 radical (unpaired) electrons. The van der Waals surface area contributed by atoms with Crippen molar-refractivity contribution in [2.24, 2.45) is 0 Å². The number of carbonyl (C=O) groups excluding carboxylic acids is 1. The Bertz CT molecular complexity index is 409. The molecule has 3 nitrogen and oxygen atoms in total. The lowest BCUT2D eigenvalue weighted by molar-refractivity contribution is -0.122. The largest absolute Gasteiger partial charge is 0.484 e. The molecule has 0 spiro atoms. The first kappa shape index (κ1) is 13.8. The number of nitrogens with one attached hydrogen (secondary N) is 1. The van der Waals surface area contributed by atoms with Crippen molar-refractivity contribution in [1.82, 2.24) is 5.32 Å². The number of benzene rings is 1. The van der Waals surface area contributed by atoms with Crippen LogP contribution in [0.4, 0.5) is 0 Å². The van der Waals surface area contributed by atoms with Gasteiger partial charge in [-0.2, -0.15) is 0 Å². The maximum absolute atomic E-state index is 11.4. The Hall–Kier alpha value is -1.29. The molecule has 0 bridgehead atoms. The molecule has 0 aliphatic carbocycles. The van der Waals surface area contributed by atoms with Gasteiger partial charge in [0.1, 0.15) is 5.75 Å². The fraction of sp³-hybridized carbons (Fsp3) is 0.308. The lowest BCUT2D eigenvalue weighted by atomic mass is 10.1. The van der Waals surface area contributed by atoms with Crippen LogP contribution in [0.15, 0.2) is 29.3 Å². The number of hydrogen-bond acceptors (Lipinski definition) is 2. The Morgan fingerprint density at radius 3 is 2.47 bits per heavy atom. The molecule has 0 saturated heterocycles. The average Bonchev–Trinajstić information content (AvgIpc) is 2.22. The van der Waals surface area contributed by atoms with E-state index in [0.29, 0.717) is 6.54 Å². The molecule has 0 fully saturated rings. The first-order valence-corrected chi connectivity index (χ1v) is 6.08. The van der Waals surface area contributed by atoms with Crippen molar-refractivity contribution in [2.75, 3.05) is 13.2 Å². The average molecular weight is 298 g/mol. The molecule has 0 aromatic heterocycles. The van der Waals surface area contributed by atoms with Gasteiger partial charge in [0.25, 0.3) is 5.91 Å². The van der Waals surface area contributed by atoms with E-state index in [-0.39, 0.29) is 12.5 Å². The zero-order chi connectivity index (χ0) is 12.8. The van der Waals surface area contributed by atoms with Gasteiger partial charge < -0.3 is 10.1 Å². The highest BCUT2D eigenvalue weighted by molar-refractivity contribution is 9.11. The predicted molar refractivity (Wildman–Crippen MR) is 72.5 cm³/mol.